The summed E-state index contributed by atoms with van der Waals surface area (Å²) < 4.78 is 11.7. The zero-order valence-corrected chi connectivity index (χ0v) is 21.8. The Morgan fingerprint density at radius 3 is 2.05 bits per heavy atom. The molecular weight excluding hydrogens is 480 g/mol. The van der Waals surface area contributed by atoms with Gasteiger partial charge >= 0.3 is 18.0 Å². The van der Waals surface area contributed by atoms with Crippen LogP contribution in [0.3, 0.4) is 0 Å². The predicted molar refractivity (Wildman–Crippen MR) is 134 cm³/mol. The van der Waals surface area contributed by atoms with E-state index in [4.69, 9.17) is 9.47 Å². The van der Waals surface area contributed by atoms with Crippen molar-refractivity contribution in [3.8, 4) is 0 Å². The lowest BCUT2D eigenvalue weighted by Crippen LogP contribution is -2.54. The average Bonchev–Trinajstić information content (AvgIpc) is 2.80. The summed E-state index contributed by atoms with van der Waals surface area (Å²) in [6.07, 6.45) is 4.44. The molecule has 10 heteroatoms. The fraction of sp³-hybridized carbons (Fsp3) is 0.667. The molecule has 10 nitrogen and oxygen atoms in total. The van der Waals surface area contributed by atoms with Gasteiger partial charge in [0.25, 0.3) is 0 Å². The van der Waals surface area contributed by atoms with Crippen molar-refractivity contribution in [1.29, 1.82) is 0 Å². The van der Waals surface area contributed by atoms with Gasteiger partial charge in [0.15, 0.2) is 0 Å². The van der Waals surface area contributed by atoms with Crippen LogP contribution in [-0.4, -0.2) is 93.2 Å². The van der Waals surface area contributed by atoms with Gasteiger partial charge in [-0.05, 0) is 77.0 Å². The quantitative estimate of drug-likeness (QED) is 0.518. The third-order valence-electron chi connectivity index (χ3n) is 7.71. The molecule has 0 bridgehead atoms. The Kier molecular flexibility index (Phi) is 7.83. The summed E-state index contributed by atoms with van der Waals surface area (Å²) in [6.45, 7) is 8.21. The lowest BCUT2D eigenvalue weighted by Gasteiger charge is -2.48. The van der Waals surface area contributed by atoms with Gasteiger partial charge in [-0.1, -0.05) is 6.07 Å². The van der Waals surface area contributed by atoms with E-state index in [0.717, 1.165) is 25.7 Å². The molecule has 2 saturated heterocycles. The molecule has 3 N–H and O–H groups in total. The largest absolute Gasteiger partial charge is 0.478 e. The van der Waals surface area contributed by atoms with Crippen LogP contribution < -0.4 is 0 Å². The number of carbonyl (C=O) groups is 3. The second kappa shape index (κ2) is 10.6. The molecule has 1 aliphatic carbocycles. The number of rotatable bonds is 6. The van der Waals surface area contributed by atoms with Crippen LogP contribution in [0.2, 0.25) is 0 Å². The molecule has 37 heavy (non-hydrogen) atoms. The Bertz CT molecular complexity index is 1010. The maximum atomic E-state index is 12.2. The Hall–Kier alpha value is -2.69. The molecule has 3 fully saturated rings. The Morgan fingerprint density at radius 2 is 1.51 bits per heavy atom. The second-order valence-electron chi connectivity index (χ2n) is 11.5. The third-order valence-corrected chi connectivity index (χ3v) is 7.71. The summed E-state index contributed by atoms with van der Waals surface area (Å²) in [7, 11) is 0. The zero-order chi connectivity index (χ0) is 27.0. The summed E-state index contributed by atoms with van der Waals surface area (Å²) in [5.74, 6) is -2.63. The fourth-order valence-corrected chi connectivity index (χ4v) is 5.47. The molecule has 1 aromatic carbocycles. The van der Waals surface area contributed by atoms with E-state index < -0.39 is 23.1 Å². The van der Waals surface area contributed by atoms with E-state index >= 15 is 0 Å². The first-order chi connectivity index (χ1) is 17.3. The van der Waals surface area contributed by atoms with E-state index in [-0.39, 0.29) is 29.4 Å². The number of carboxylic acid groups (broad SMARTS) is 2. The summed E-state index contributed by atoms with van der Waals surface area (Å²) in [5.41, 5.74) is -1.83. The number of ether oxygens (including phenoxy) is 2. The van der Waals surface area contributed by atoms with Crippen molar-refractivity contribution in [3.63, 3.8) is 0 Å². The molecule has 0 aromatic heterocycles. The molecule has 2 heterocycles. The molecule has 1 saturated carbocycles. The summed E-state index contributed by atoms with van der Waals surface area (Å²) in [4.78, 5) is 39.2. The number of hydrogen-bond acceptors (Lipinski definition) is 7. The third kappa shape index (κ3) is 6.42. The van der Waals surface area contributed by atoms with Gasteiger partial charge < -0.3 is 29.7 Å². The minimum Gasteiger partial charge on any atom is -0.478 e. The van der Waals surface area contributed by atoms with Gasteiger partial charge in [0.05, 0.1) is 28.9 Å². The monoisotopic (exact) mass is 518 g/mol. The Labute approximate surface area is 217 Å². The first kappa shape index (κ1) is 27.3. The Balaban J connectivity index is 1.22. The molecule has 0 radical (unpaired) electrons. The highest BCUT2D eigenvalue weighted by Crippen LogP contribution is 2.38. The maximum Gasteiger partial charge on any atom is 0.410 e. The summed E-state index contributed by atoms with van der Waals surface area (Å²) in [5, 5.41) is 29.9. The number of piperidine rings is 2. The highest BCUT2D eigenvalue weighted by atomic mass is 16.6. The molecular formula is C27H38N2O8. The van der Waals surface area contributed by atoms with Crippen LogP contribution in [0.25, 0.3) is 0 Å². The topological polar surface area (TPSA) is 137 Å². The van der Waals surface area contributed by atoms with Gasteiger partial charge in [0.1, 0.15) is 5.60 Å². The van der Waals surface area contributed by atoms with E-state index in [0.29, 0.717) is 50.6 Å². The molecule has 1 amide bonds. The van der Waals surface area contributed by atoms with Crippen molar-refractivity contribution >= 4 is 18.0 Å². The molecule has 204 valence electrons. The smallest absolute Gasteiger partial charge is 0.410 e. The van der Waals surface area contributed by atoms with Gasteiger partial charge in [0, 0.05) is 32.2 Å². The van der Waals surface area contributed by atoms with Crippen LogP contribution in [0.5, 0.6) is 0 Å². The van der Waals surface area contributed by atoms with Crippen molar-refractivity contribution in [3.05, 3.63) is 34.9 Å². The molecule has 0 unspecified atom stereocenters. The van der Waals surface area contributed by atoms with Crippen LogP contribution in [-0.2, 0) is 15.1 Å². The number of hydrogen-bond donors (Lipinski definition) is 3. The average molecular weight is 519 g/mol. The predicted octanol–water partition coefficient (Wildman–Crippen LogP) is 3.31. The van der Waals surface area contributed by atoms with E-state index in [2.05, 4.69) is 4.90 Å². The highest BCUT2D eigenvalue weighted by Gasteiger charge is 2.42. The number of amides is 1. The van der Waals surface area contributed by atoms with E-state index in [1.165, 1.54) is 18.2 Å². The fourth-order valence-electron chi connectivity index (χ4n) is 5.47. The van der Waals surface area contributed by atoms with E-state index in [1.807, 2.05) is 20.8 Å². The number of aromatic carboxylic acids is 2. The van der Waals surface area contributed by atoms with Crippen molar-refractivity contribution < 1.29 is 39.2 Å². The number of carboxylic acids is 2. The van der Waals surface area contributed by atoms with Gasteiger partial charge in [-0.3, -0.25) is 4.90 Å². The highest BCUT2D eigenvalue weighted by molar-refractivity contribution is 6.01. The molecule has 0 spiro atoms. The van der Waals surface area contributed by atoms with E-state index in [1.54, 1.807) is 4.90 Å². The number of likely N-dealkylation sites (tertiary alicyclic amines) is 2. The van der Waals surface area contributed by atoms with Crippen LogP contribution in [0.15, 0.2) is 18.2 Å². The van der Waals surface area contributed by atoms with Crippen LogP contribution in [0, 0.1) is 0 Å². The van der Waals surface area contributed by atoms with Crippen molar-refractivity contribution in [2.24, 2.45) is 0 Å². The van der Waals surface area contributed by atoms with E-state index in [9.17, 15) is 29.7 Å². The normalized spacial score (nSPS) is 24.8. The SMILES string of the molecule is CC(C)(C)OC(=O)N1CCC(O[C@H]2C[C@H](N3CCC(O)(c4ccc(C(=O)O)c(C(=O)O)c4)CC3)C2)CC1. The maximum absolute atomic E-state index is 12.2. The van der Waals surface area contributed by atoms with Crippen molar-refractivity contribution in [2.75, 3.05) is 26.2 Å². The number of nitrogens with zero attached hydrogens (tertiary/aromatic N) is 2. The first-order valence-corrected chi connectivity index (χ1v) is 13.1. The summed E-state index contributed by atoms with van der Waals surface area (Å²) >= 11 is 0. The van der Waals surface area contributed by atoms with Gasteiger partial charge in [0.2, 0.25) is 0 Å². The summed E-state index contributed by atoms with van der Waals surface area (Å²) in [6, 6.07) is 4.47. The number of carbonyl (C=O) groups excluding carboxylic acids is 1. The van der Waals surface area contributed by atoms with Crippen LogP contribution in [0.1, 0.15) is 85.6 Å². The van der Waals surface area contributed by atoms with Gasteiger partial charge in [-0.2, -0.15) is 0 Å². The number of benzene rings is 1. The van der Waals surface area contributed by atoms with Crippen molar-refractivity contribution in [2.45, 2.75) is 88.7 Å². The standard InChI is InChI=1S/C27H38N2O8/c1-26(2,3)37-25(34)29-10-6-19(7-11-29)36-20-15-18(16-20)28-12-8-27(35,9-13-28)17-4-5-21(23(30)31)22(14-17)24(32)33/h4-5,14,18-20,35H,6-13,15-16H2,1-3H3,(H,30,31)(H,32,33)/t18-,20-. The van der Waals surface area contributed by atoms with Crippen LogP contribution in [0.4, 0.5) is 4.79 Å². The lowest BCUT2D eigenvalue weighted by molar-refractivity contribution is -0.116. The van der Waals surface area contributed by atoms with Crippen LogP contribution >= 0.6 is 0 Å². The molecule has 1 aromatic rings. The molecule has 0 atom stereocenters. The van der Waals surface area contributed by atoms with Crippen molar-refractivity contribution in [1.82, 2.24) is 9.80 Å². The minimum absolute atomic E-state index is 0.147. The lowest BCUT2D eigenvalue weighted by atomic mass is 9.80. The molecule has 3 aliphatic rings. The minimum atomic E-state index is -1.32. The Morgan fingerprint density at radius 1 is 0.919 bits per heavy atom. The van der Waals surface area contributed by atoms with Gasteiger partial charge in [-0.25, -0.2) is 14.4 Å². The first-order valence-electron chi connectivity index (χ1n) is 13.1. The molecule has 4 rings (SSSR count). The van der Waals surface area contributed by atoms with Gasteiger partial charge in [-0.15, -0.1) is 0 Å². The second-order valence-corrected chi connectivity index (χ2v) is 11.5. The zero-order valence-electron chi connectivity index (χ0n) is 21.8. The number of aliphatic hydroxyl groups is 1. The molecule has 2 aliphatic heterocycles.